The second-order valence-corrected chi connectivity index (χ2v) is 9.75. The number of pyridine rings is 1. The molecule has 1 aliphatic heterocycles. The maximum atomic E-state index is 13.7. The highest BCUT2D eigenvalue weighted by atomic mass is 32.2. The molecule has 186 valence electrons. The molecule has 0 bridgehead atoms. The molecule has 10 nitrogen and oxygen atoms in total. The van der Waals surface area contributed by atoms with Crippen molar-refractivity contribution in [1.82, 2.24) is 14.8 Å². The molecule has 3 aromatic rings. The minimum atomic E-state index is -4.65. The topological polar surface area (TPSA) is 145 Å². The number of benzene rings is 1. The van der Waals surface area contributed by atoms with Crippen molar-refractivity contribution < 1.29 is 31.6 Å². The molecule has 4 N–H and O–H groups in total. The third kappa shape index (κ3) is 4.41. The molecule has 0 spiro atoms. The molecule has 1 amide bonds. The minimum absolute atomic E-state index is 0.0734. The van der Waals surface area contributed by atoms with Crippen LogP contribution in [0, 0.1) is 11.7 Å². The summed E-state index contributed by atoms with van der Waals surface area (Å²) in [5, 5.41) is 11.9. The zero-order valence-corrected chi connectivity index (χ0v) is 19.6. The van der Waals surface area contributed by atoms with Gasteiger partial charge >= 0.3 is 6.18 Å². The highest BCUT2D eigenvalue weighted by Gasteiger charge is 2.45. The van der Waals surface area contributed by atoms with E-state index in [1.54, 1.807) is 6.07 Å². The Bertz CT molecular complexity index is 1440. The third-order valence-corrected chi connectivity index (χ3v) is 6.54. The lowest BCUT2D eigenvalue weighted by Crippen LogP contribution is -2.45. The number of carbonyl (C=O) groups excluding carboxylic acids is 1. The number of halogens is 3. The van der Waals surface area contributed by atoms with Crippen LogP contribution in [-0.2, 0) is 27.4 Å². The Labute approximate surface area is 198 Å². The van der Waals surface area contributed by atoms with Gasteiger partial charge in [-0.1, -0.05) is 6.07 Å². The average Bonchev–Trinajstić information content (AvgIpc) is 3.31. The Kier molecular flexibility index (Phi) is 5.76. The summed E-state index contributed by atoms with van der Waals surface area (Å²) in [6.07, 6.45) is -2.10. The summed E-state index contributed by atoms with van der Waals surface area (Å²) >= 11 is 0. The van der Waals surface area contributed by atoms with Gasteiger partial charge in [0.15, 0.2) is 0 Å². The van der Waals surface area contributed by atoms with Gasteiger partial charge in [-0.3, -0.25) is 4.79 Å². The van der Waals surface area contributed by atoms with Gasteiger partial charge in [0.25, 0.3) is 5.91 Å². The molecule has 35 heavy (non-hydrogen) atoms. The predicted molar refractivity (Wildman–Crippen MR) is 119 cm³/mol. The Morgan fingerprint density at radius 1 is 1.37 bits per heavy atom. The predicted octanol–water partition coefficient (Wildman–Crippen LogP) is 3.35. The first-order valence-corrected chi connectivity index (χ1v) is 11.7. The highest BCUT2D eigenvalue weighted by molar-refractivity contribution is 7.90. The van der Waals surface area contributed by atoms with E-state index >= 15 is 0 Å². The SMILES string of the molecule is COc1cc(-c2ccc(C(F)(F)F)c(C)c2NC(=O)C2(C)Cn3ncc(S(=N)(N)=O)c3O2)ccn1. The van der Waals surface area contributed by atoms with Gasteiger partial charge in [0.1, 0.15) is 14.8 Å². The van der Waals surface area contributed by atoms with Gasteiger partial charge in [-0.05, 0) is 37.1 Å². The number of hydrogen-bond donors (Lipinski definition) is 3. The molecule has 0 saturated heterocycles. The lowest BCUT2D eigenvalue weighted by Gasteiger charge is -2.25. The molecule has 0 fully saturated rings. The van der Waals surface area contributed by atoms with Gasteiger partial charge in [0.05, 0.1) is 31.1 Å². The molecule has 3 heterocycles. The number of nitrogens with one attached hydrogen (secondary N) is 2. The van der Waals surface area contributed by atoms with E-state index in [0.29, 0.717) is 11.1 Å². The Balaban J connectivity index is 1.76. The van der Waals surface area contributed by atoms with E-state index in [1.165, 1.54) is 44.0 Å². The summed E-state index contributed by atoms with van der Waals surface area (Å²) in [4.78, 5) is 17.2. The second kappa shape index (κ2) is 8.23. The standard InChI is InChI=1S/C21H21F3N6O4S/c1-11-14(21(22,23)24)5-4-13(12-6-7-27-16(8-12)33-3)17(11)29-19(31)20(2)10-30-18(34-20)15(9-28-30)35(25,26)32/h4-9H,10H2,1-3H3,(H,29,31)(H3,25,26,32). The number of nitrogens with zero attached hydrogens (tertiary/aromatic N) is 3. The van der Waals surface area contributed by atoms with Crippen LogP contribution in [0.1, 0.15) is 18.1 Å². The fourth-order valence-corrected chi connectivity index (χ4v) is 4.40. The molecule has 1 aliphatic rings. The van der Waals surface area contributed by atoms with Gasteiger partial charge in [0.2, 0.25) is 17.4 Å². The van der Waals surface area contributed by atoms with Crippen LogP contribution >= 0.6 is 0 Å². The molecule has 0 radical (unpaired) electrons. The zero-order valence-electron chi connectivity index (χ0n) is 18.8. The second-order valence-electron chi connectivity index (χ2n) is 8.10. The molecule has 14 heteroatoms. The third-order valence-electron chi connectivity index (χ3n) is 5.60. The van der Waals surface area contributed by atoms with E-state index in [1.807, 2.05) is 0 Å². The van der Waals surface area contributed by atoms with Crippen molar-refractivity contribution in [2.75, 3.05) is 12.4 Å². The number of anilines is 1. The maximum Gasteiger partial charge on any atom is 0.416 e. The Hall–Kier alpha value is -3.65. The van der Waals surface area contributed by atoms with E-state index in [4.69, 9.17) is 19.4 Å². The average molecular weight is 510 g/mol. The number of hydrogen-bond acceptors (Lipinski definition) is 7. The van der Waals surface area contributed by atoms with E-state index in [2.05, 4.69) is 15.4 Å². The number of alkyl halides is 3. The van der Waals surface area contributed by atoms with E-state index in [-0.39, 0.29) is 34.5 Å². The minimum Gasteiger partial charge on any atom is -0.481 e. The highest BCUT2D eigenvalue weighted by Crippen LogP contribution is 2.41. The molecule has 1 aromatic carbocycles. The summed E-state index contributed by atoms with van der Waals surface area (Å²) < 4.78 is 72.6. The lowest BCUT2D eigenvalue weighted by molar-refractivity contribution is -0.138. The van der Waals surface area contributed by atoms with Gasteiger partial charge in [-0.15, -0.1) is 0 Å². The molecular weight excluding hydrogens is 489 g/mol. The van der Waals surface area contributed by atoms with Crippen molar-refractivity contribution >= 4 is 21.5 Å². The molecule has 0 saturated carbocycles. The molecule has 0 aliphatic carbocycles. The zero-order chi connectivity index (χ0) is 25.8. The van der Waals surface area contributed by atoms with Crippen LogP contribution in [0.2, 0.25) is 0 Å². The van der Waals surface area contributed by atoms with Crippen LogP contribution in [-0.4, -0.2) is 37.6 Å². The number of fused-ring (bicyclic) bond motifs is 1. The van der Waals surface area contributed by atoms with Gasteiger partial charge < -0.3 is 14.8 Å². The largest absolute Gasteiger partial charge is 0.481 e. The van der Waals surface area contributed by atoms with Gasteiger partial charge in [0, 0.05) is 17.8 Å². The van der Waals surface area contributed by atoms with Crippen molar-refractivity contribution in [3.8, 4) is 22.9 Å². The summed E-state index contributed by atoms with van der Waals surface area (Å²) in [7, 11) is -2.28. The summed E-state index contributed by atoms with van der Waals surface area (Å²) in [5.74, 6) is -0.640. The van der Waals surface area contributed by atoms with Crippen molar-refractivity contribution in [3.63, 3.8) is 0 Å². The summed E-state index contributed by atoms with van der Waals surface area (Å²) in [6, 6.07) is 5.29. The number of carbonyl (C=O) groups is 1. The van der Waals surface area contributed by atoms with Crippen molar-refractivity contribution in [3.05, 3.63) is 47.8 Å². The van der Waals surface area contributed by atoms with E-state index < -0.39 is 33.2 Å². The van der Waals surface area contributed by atoms with Crippen molar-refractivity contribution in [2.45, 2.75) is 37.1 Å². The fourth-order valence-electron chi connectivity index (χ4n) is 3.78. The molecular formula is C21H21F3N6O4S. The van der Waals surface area contributed by atoms with Crippen LogP contribution in [0.15, 0.2) is 41.6 Å². The number of nitrogens with two attached hydrogens (primary N) is 1. The number of rotatable bonds is 5. The Morgan fingerprint density at radius 3 is 2.71 bits per heavy atom. The van der Waals surface area contributed by atoms with Crippen molar-refractivity contribution in [2.24, 2.45) is 5.14 Å². The molecule has 2 aromatic heterocycles. The first kappa shape index (κ1) is 24.5. The smallest absolute Gasteiger partial charge is 0.416 e. The van der Waals surface area contributed by atoms with E-state index in [9.17, 15) is 22.2 Å². The van der Waals surface area contributed by atoms with Gasteiger partial charge in [-0.25, -0.2) is 23.8 Å². The summed E-state index contributed by atoms with van der Waals surface area (Å²) in [5.41, 5.74) is -2.04. The summed E-state index contributed by atoms with van der Waals surface area (Å²) in [6.45, 7) is 2.52. The fraction of sp³-hybridized carbons (Fsp3) is 0.286. The number of amides is 1. The quantitative estimate of drug-likeness (QED) is 0.480. The van der Waals surface area contributed by atoms with Crippen LogP contribution in [0.3, 0.4) is 0 Å². The first-order valence-electron chi connectivity index (χ1n) is 10.1. The van der Waals surface area contributed by atoms with Crippen molar-refractivity contribution in [1.29, 1.82) is 4.78 Å². The van der Waals surface area contributed by atoms with Crippen LogP contribution in [0.4, 0.5) is 18.9 Å². The van der Waals surface area contributed by atoms with Gasteiger partial charge in [-0.2, -0.15) is 18.3 Å². The monoisotopic (exact) mass is 510 g/mol. The van der Waals surface area contributed by atoms with Crippen LogP contribution in [0.5, 0.6) is 11.8 Å². The number of methoxy groups -OCH3 is 1. The molecule has 2 atom stereocenters. The van der Waals surface area contributed by atoms with Crippen LogP contribution < -0.4 is 19.9 Å². The van der Waals surface area contributed by atoms with Crippen LogP contribution in [0.25, 0.3) is 11.1 Å². The first-order chi connectivity index (χ1) is 16.2. The maximum absolute atomic E-state index is 13.7. The normalized spacial score (nSPS) is 18.9. The molecule has 2 unspecified atom stereocenters. The number of ether oxygens (including phenoxy) is 2. The lowest BCUT2D eigenvalue weighted by atomic mass is 9.96. The molecule has 4 rings (SSSR count). The number of aromatic nitrogens is 3. The Morgan fingerprint density at radius 2 is 2.09 bits per heavy atom. The van der Waals surface area contributed by atoms with E-state index in [0.717, 1.165) is 12.3 Å².